The van der Waals surface area contributed by atoms with Crippen molar-refractivity contribution in [1.82, 2.24) is 4.57 Å². The maximum absolute atomic E-state index is 13.5. The van der Waals surface area contributed by atoms with Crippen LogP contribution in [0.25, 0.3) is 17.3 Å². The highest BCUT2D eigenvalue weighted by Crippen LogP contribution is 2.23. The Bertz CT molecular complexity index is 1610. The number of nitrogens with zero attached hydrogens (tertiary/aromatic N) is 2. The molecule has 0 aliphatic carbocycles. The zero-order valence-electron chi connectivity index (χ0n) is 20.2. The van der Waals surface area contributed by atoms with Gasteiger partial charge in [-0.2, -0.15) is 5.26 Å². The number of anilines is 1. The van der Waals surface area contributed by atoms with Crippen LogP contribution in [0.2, 0.25) is 0 Å². The molecule has 1 aromatic heterocycles. The highest BCUT2D eigenvalue weighted by Gasteiger charge is 2.18. The molecule has 7 heteroatoms. The monoisotopic (exact) mass is 495 g/mol. The number of para-hydroxylation sites is 3. The van der Waals surface area contributed by atoms with Crippen molar-refractivity contribution in [3.63, 3.8) is 0 Å². The summed E-state index contributed by atoms with van der Waals surface area (Å²) in [4.78, 5) is 26.8. The lowest BCUT2D eigenvalue weighted by atomic mass is 10.0. The largest absolute Gasteiger partial charge is 0.495 e. The van der Waals surface area contributed by atoms with Crippen molar-refractivity contribution < 1.29 is 9.53 Å². The van der Waals surface area contributed by atoms with E-state index < -0.39 is 5.91 Å². The summed E-state index contributed by atoms with van der Waals surface area (Å²) in [5.74, 6) is 0.242. The summed E-state index contributed by atoms with van der Waals surface area (Å²) in [5, 5.41) is 12.7. The van der Waals surface area contributed by atoms with E-state index in [9.17, 15) is 14.9 Å². The van der Waals surface area contributed by atoms with E-state index in [4.69, 9.17) is 4.74 Å². The van der Waals surface area contributed by atoms with E-state index in [1.165, 1.54) is 17.2 Å². The lowest BCUT2D eigenvalue weighted by Gasteiger charge is -2.09. The molecule has 4 aromatic rings. The number of benzene rings is 3. The summed E-state index contributed by atoms with van der Waals surface area (Å²) in [5.41, 5.74) is 2.60. The first-order valence-corrected chi connectivity index (χ1v) is 12.2. The van der Waals surface area contributed by atoms with Gasteiger partial charge in [0.15, 0.2) is 5.57 Å². The average Bonchev–Trinajstić information content (AvgIpc) is 3.20. The second-order valence-electron chi connectivity index (χ2n) is 8.35. The Hall–Kier alpha value is -4.41. The van der Waals surface area contributed by atoms with Crippen LogP contribution in [0.4, 0.5) is 5.69 Å². The highest BCUT2D eigenvalue weighted by molar-refractivity contribution is 7.07. The summed E-state index contributed by atoms with van der Waals surface area (Å²) in [6.45, 7) is 4.25. The minimum atomic E-state index is -0.624. The van der Waals surface area contributed by atoms with E-state index in [1.54, 1.807) is 54.6 Å². The van der Waals surface area contributed by atoms with Crippen LogP contribution in [0.1, 0.15) is 30.9 Å². The van der Waals surface area contributed by atoms with Gasteiger partial charge in [-0.25, -0.2) is 0 Å². The van der Waals surface area contributed by atoms with Crippen LogP contribution >= 0.6 is 11.3 Å². The molecule has 0 bridgehead atoms. The molecule has 0 fully saturated rings. The molecule has 36 heavy (non-hydrogen) atoms. The minimum Gasteiger partial charge on any atom is -0.495 e. The van der Waals surface area contributed by atoms with Crippen LogP contribution in [-0.2, 0) is 4.79 Å². The maximum Gasteiger partial charge on any atom is 0.273 e. The zero-order valence-corrected chi connectivity index (χ0v) is 21.0. The van der Waals surface area contributed by atoms with Crippen molar-refractivity contribution in [1.29, 1.82) is 5.26 Å². The van der Waals surface area contributed by atoms with Crippen molar-refractivity contribution in [2.24, 2.45) is 0 Å². The third-order valence-electron chi connectivity index (χ3n) is 5.65. The second-order valence-corrected chi connectivity index (χ2v) is 9.39. The molecule has 6 nitrogen and oxygen atoms in total. The predicted molar refractivity (Wildman–Crippen MR) is 144 cm³/mol. The van der Waals surface area contributed by atoms with Crippen molar-refractivity contribution in [3.05, 3.63) is 110 Å². The standard InChI is InChI=1S/C29H25N3O3S/c1-19(2)21-15-13-20(14-16-21)17-26-28(34)32(22-9-5-4-6-10-22)29(36-26)23(18-30)27(33)31-24-11-7-8-12-25(24)35-3/h4-17,19H,1-3H3,(H,31,33)/b26-17-,29-23-. The van der Waals surface area contributed by atoms with E-state index in [0.29, 0.717) is 27.6 Å². The van der Waals surface area contributed by atoms with Crippen molar-refractivity contribution in [2.75, 3.05) is 12.4 Å². The van der Waals surface area contributed by atoms with E-state index in [2.05, 4.69) is 19.2 Å². The summed E-state index contributed by atoms with van der Waals surface area (Å²) in [6, 6.07) is 25.9. The molecule has 4 rings (SSSR count). The van der Waals surface area contributed by atoms with Crippen molar-refractivity contribution in [3.8, 4) is 17.5 Å². The minimum absolute atomic E-state index is 0.165. The number of hydrogen-bond donors (Lipinski definition) is 1. The average molecular weight is 496 g/mol. The molecule has 3 aromatic carbocycles. The zero-order chi connectivity index (χ0) is 25.7. The third kappa shape index (κ3) is 5.14. The molecular weight excluding hydrogens is 470 g/mol. The highest BCUT2D eigenvalue weighted by atomic mass is 32.1. The van der Waals surface area contributed by atoms with E-state index in [1.807, 2.05) is 36.4 Å². The normalized spacial score (nSPS) is 12.2. The first-order chi connectivity index (χ1) is 17.4. The number of methoxy groups -OCH3 is 1. The Balaban J connectivity index is 1.91. The van der Waals surface area contributed by atoms with Gasteiger partial charge in [0, 0.05) is 0 Å². The van der Waals surface area contributed by atoms with Crippen LogP contribution in [0.3, 0.4) is 0 Å². The fourth-order valence-corrected chi connectivity index (χ4v) is 4.82. The molecule has 0 saturated carbocycles. The summed E-state index contributed by atoms with van der Waals surface area (Å²) >= 11 is 1.11. The Morgan fingerprint density at radius 2 is 1.69 bits per heavy atom. The molecule has 0 saturated heterocycles. The Morgan fingerprint density at radius 1 is 1.03 bits per heavy atom. The number of carbonyl (C=O) groups is 1. The van der Waals surface area contributed by atoms with Gasteiger partial charge in [-0.05, 0) is 47.4 Å². The van der Waals surface area contributed by atoms with Gasteiger partial charge in [0.25, 0.3) is 11.5 Å². The Labute approximate surface area is 213 Å². The van der Waals surface area contributed by atoms with Crippen molar-refractivity contribution >= 4 is 34.6 Å². The molecule has 0 radical (unpaired) electrons. The fraction of sp³-hybridized carbons (Fsp3) is 0.138. The smallest absolute Gasteiger partial charge is 0.273 e. The van der Waals surface area contributed by atoms with Gasteiger partial charge in [-0.1, -0.05) is 68.4 Å². The molecule has 1 heterocycles. The van der Waals surface area contributed by atoms with Gasteiger partial charge in [0.2, 0.25) is 0 Å². The van der Waals surface area contributed by atoms with Crippen LogP contribution in [0.5, 0.6) is 5.75 Å². The summed E-state index contributed by atoms with van der Waals surface area (Å²) in [6.07, 6.45) is 1.78. The number of carbonyl (C=O) groups excluding carboxylic acids is 1. The number of hydrogen-bond acceptors (Lipinski definition) is 5. The molecule has 0 spiro atoms. The van der Waals surface area contributed by atoms with Gasteiger partial charge >= 0.3 is 0 Å². The number of amides is 1. The molecule has 0 aliphatic heterocycles. The lowest BCUT2D eigenvalue weighted by Crippen LogP contribution is -2.32. The first kappa shape index (κ1) is 24.7. The van der Waals surface area contributed by atoms with E-state index >= 15 is 0 Å². The third-order valence-corrected chi connectivity index (χ3v) is 6.74. The van der Waals surface area contributed by atoms with Crippen LogP contribution in [-0.4, -0.2) is 17.6 Å². The van der Waals surface area contributed by atoms with Crippen LogP contribution < -0.4 is 24.8 Å². The Morgan fingerprint density at radius 3 is 2.33 bits per heavy atom. The summed E-state index contributed by atoms with van der Waals surface area (Å²) < 4.78 is 7.40. The number of nitrogens with one attached hydrogen (secondary N) is 1. The molecule has 1 amide bonds. The fourth-order valence-electron chi connectivity index (χ4n) is 3.72. The van der Waals surface area contributed by atoms with Gasteiger partial charge in [0.05, 0.1) is 23.0 Å². The topological polar surface area (TPSA) is 84.1 Å². The van der Waals surface area contributed by atoms with Crippen molar-refractivity contribution in [2.45, 2.75) is 19.8 Å². The maximum atomic E-state index is 13.5. The molecule has 1 N–H and O–H groups in total. The van der Waals surface area contributed by atoms with Gasteiger partial charge in [-0.15, -0.1) is 11.3 Å². The van der Waals surface area contributed by atoms with Crippen LogP contribution in [0, 0.1) is 11.3 Å². The van der Waals surface area contributed by atoms with E-state index in [-0.39, 0.29) is 15.8 Å². The molecule has 0 unspecified atom stereocenters. The molecule has 0 atom stereocenters. The Kier molecular flexibility index (Phi) is 7.47. The van der Waals surface area contributed by atoms with Gasteiger partial charge in [0.1, 0.15) is 16.5 Å². The van der Waals surface area contributed by atoms with E-state index in [0.717, 1.165) is 16.9 Å². The lowest BCUT2D eigenvalue weighted by molar-refractivity contribution is -0.111. The molecular formula is C29H25N3O3S. The van der Waals surface area contributed by atoms with Gasteiger partial charge in [-0.3, -0.25) is 14.2 Å². The van der Waals surface area contributed by atoms with Gasteiger partial charge < -0.3 is 10.1 Å². The number of aromatic nitrogens is 1. The van der Waals surface area contributed by atoms with Crippen LogP contribution in [0.15, 0.2) is 83.7 Å². The number of ether oxygens (including phenoxy) is 1. The molecule has 0 aliphatic rings. The quantitative estimate of drug-likeness (QED) is 0.435. The molecule has 180 valence electrons. The second kappa shape index (κ2) is 10.9. The number of rotatable bonds is 6. The number of thiazole rings is 1. The predicted octanol–water partition coefficient (Wildman–Crippen LogP) is 4.17. The SMILES string of the molecule is COc1ccccc1NC(=O)/C(C#N)=c1\s/c(=C\c2ccc(C(C)C)cc2)c(=O)n1-c1ccccc1. The summed E-state index contributed by atoms with van der Waals surface area (Å²) in [7, 11) is 1.50. The number of nitriles is 1. The first-order valence-electron chi connectivity index (χ1n) is 11.4.